The lowest BCUT2D eigenvalue weighted by Crippen LogP contribution is -2.26. The normalized spacial score (nSPS) is 12.9. The molecule has 2 aromatic carbocycles. The molecule has 3 rings (SSSR count). The van der Waals surface area contributed by atoms with Gasteiger partial charge in [0.2, 0.25) is 0 Å². The van der Waals surface area contributed by atoms with E-state index >= 15 is 0 Å². The second-order valence-corrected chi connectivity index (χ2v) is 9.59. The van der Waals surface area contributed by atoms with Gasteiger partial charge in [-0.1, -0.05) is 24.3 Å². The van der Waals surface area contributed by atoms with E-state index in [0.717, 1.165) is 39.3 Å². The molecule has 2 aromatic rings. The molecule has 0 heterocycles. The van der Waals surface area contributed by atoms with Crippen molar-refractivity contribution < 1.29 is 4.58 Å². The fraction of sp³-hybridized carbons (Fsp3) is 0.406. The van der Waals surface area contributed by atoms with Gasteiger partial charge < -0.3 is 14.7 Å². The van der Waals surface area contributed by atoms with Gasteiger partial charge in [-0.25, -0.2) is 4.58 Å². The lowest BCUT2D eigenvalue weighted by atomic mass is 9.90. The monoisotopic (exact) mass is 485 g/mol. The first-order valence-corrected chi connectivity index (χ1v) is 13.5. The van der Waals surface area contributed by atoms with Crippen LogP contribution < -0.4 is 9.80 Å². The highest BCUT2D eigenvalue weighted by Gasteiger charge is 2.15. The Labute approximate surface area is 219 Å². The predicted molar refractivity (Wildman–Crippen MR) is 159 cm³/mol. The quantitative estimate of drug-likeness (QED) is 0.365. The summed E-state index contributed by atoms with van der Waals surface area (Å²) in [6.07, 6.45) is 9.04. The molecule has 0 spiro atoms. The van der Waals surface area contributed by atoms with Crippen molar-refractivity contribution in [3.05, 3.63) is 89.5 Å². The Bertz CT molecular complexity index is 1020. The average molecular weight is 486 g/mol. The molecule has 1 aliphatic carbocycles. The number of likely N-dealkylation sites (N-methyl/N-ethyl adjacent to an activating group) is 2. The summed E-state index contributed by atoms with van der Waals surface area (Å²) in [6, 6.07) is 18.1. The fourth-order valence-electron chi connectivity index (χ4n) is 4.72. The van der Waals surface area contributed by atoms with Gasteiger partial charge in [-0.05, 0) is 100 Å². The maximum Gasteiger partial charge on any atom is 0.199 e. The maximum atomic E-state index is 2.39. The van der Waals surface area contributed by atoms with E-state index in [9.17, 15) is 0 Å². The van der Waals surface area contributed by atoms with Crippen molar-refractivity contribution in [2.45, 2.75) is 27.7 Å². The Morgan fingerprint density at radius 1 is 0.639 bits per heavy atom. The van der Waals surface area contributed by atoms with Crippen LogP contribution in [0.1, 0.15) is 38.8 Å². The summed E-state index contributed by atoms with van der Waals surface area (Å²) in [5.74, 6) is 0. The lowest BCUT2D eigenvalue weighted by Gasteiger charge is -2.23. The van der Waals surface area contributed by atoms with Gasteiger partial charge in [-0.3, -0.25) is 0 Å². The van der Waals surface area contributed by atoms with E-state index in [-0.39, 0.29) is 0 Å². The van der Waals surface area contributed by atoms with E-state index in [1.54, 1.807) is 0 Å². The Morgan fingerprint density at radius 2 is 1.06 bits per heavy atom. The SMILES string of the molecule is CCN(CC)c1ccc(C(=C2C=CC(=[N+](C)CCN(C)C)C=C2)c2ccc(N(CC)CC)cc2)cc1. The van der Waals surface area contributed by atoms with Crippen LogP contribution in [0.4, 0.5) is 11.4 Å². The second-order valence-electron chi connectivity index (χ2n) is 9.59. The van der Waals surface area contributed by atoms with Crippen molar-refractivity contribution in [2.75, 3.05) is 70.2 Å². The molecule has 1 aliphatic rings. The van der Waals surface area contributed by atoms with Crippen LogP contribution in [-0.2, 0) is 0 Å². The fourth-order valence-corrected chi connectivity index (χ4v) is 4.72. The van der Waals surface area contributed by atoms with Gasteiger partial charge in [0.15, 0.2) is 12.3 Å². The standard InChI is InChI=1S/C32H45N4/c1-8-35(9-2)30-20-14-27(15-21-30)32(28-16-22-31(23-17-28)36(10-3)11-4)26-12-18-29(19-13-26)34(7)25-24-33(5)6/h12-23H,8-11,24-25H2,1-7H3/q+1. The molecule has 0 atom stereocenters. The molecule has 0 unspecified atom stereocenters. The van der Waals surface area contributed by atoms with Crippen molar-refractivity contribution in [1.29, 1.82) is 0 Å². The Balaban J connectivity index is 2.03. The molecule has 0 amide bonds. The van der Waals surface area contributed by atoms with E-state index in [1.807, 2.05) is 0 Å². The summed E-state index contributed by atoms with van der Waals surface area (Å²) in [4.78, 5) is 7.00. The lowest BCUT2D eigenvalue weighted by molar-refractivity contribution is -0.495. The van der Waals surface area contributed by atoms with Gasteiger partial charge in [0, 0.05) is 49.7 Å². The molecule has 0 fully saturated rings. The van der Waals surface area contributed by atoms with Crippen LogP contribution in [0.5, 0.6) is 0 Å². The molecule has 0 aliphatic heterocycles. The number of benzene rings is 2. The largest absolute Gasteiger partial charge is 0.372 e. The van der Waals surface area contributed by atoms with Crippen LogP contribution in [0.3, 0.4) is 0 Å². The predicted octanol–water partition coefficient (Wildman–Crippen LogP) is 5.95. The molecule has 0 bridgehead atoms. The highest BCUT2D eigenvalue weighted by molar-refractivity contribution is 6.04. The molecule has 0 saturated carbocycles. The van der Waals surface area contributed by atoms with Gasteiger partial charge in [0.05, 0.1) is 6.54 Å². The van der Waals surface area contributed by atoms with Gasteiger partial charge >= 0.3 is 0 Å². The number of hydrogen-bond acceptors (Lipinski definition) is 3. The van der Waals surface area contributed by atoms with E-state index in [0.29, 0.717) is 0 Å². The summed E-state index contributed by atoms with van der Waals surface area (Å²) in [5, 5.41) is 0. The summed E-state index contributed by atoms with van der Waals surface area (Å²) >= 11 is 0. The van der Waals surface area contributed by atoms with Gasteiger partial charge in [0.1, 0.15) is 7.05 Å². The van der Waals surface area contributed by atoms with Crippen molar-refractivity contribution in [3.8, 4) is 0 Å². The van der Waals surface area contributed by atoms with E-state index in [4.69, 9.17) is 0 Å². The van der Waals surface area contributed by atoms with Crippen LogP contribution in [0.25, 0.3) is 5.57 Å². The van der Waals surface area contributed by atoms with Crippen molar-refractivity contribution in [1.82, 2.24) is 4.90 Å². The first-order chi connectivity index (χ1) is 17.4. The number of nitrogens with zero attached hydrogens (tertiary/aromatic N) is 4. The minimum absolute atomic E-state index is 1.00. The number of rotatable bonds is 11. The second kappa shape index (κ2) is 13.3. The number of anilines is 2. The summed E-state index contributed by atoms with van der Waals surface area (Å²) in [6.45, 7) is 14.9. The third kappa shape index (κ3) is 6.76. The Hall–Kier alpha value is -3.11. The summed E-state index contributed by atoms with van der Waals surface area (Å²) in [5.41, 5.74) is 8.80. The van der Waals surface area contributed by atoms with Crippen LogP contribution in [0.2, 0.25) is 0 Å². The molecular weight excluding hydrogens is 440 g/mol. The third-order valence-electron chi connectivity index (χ3n) is 7.05. The molecule has 0 saturated heterocycles. The molecule has 4 heteroatoms. The van der Waals surface area contributed by atoms with E-state index in [1.165, 1.54) is 39.4 Å². The molecule has 192 valence electrons. The van der Waals surface area contributed by atoms with Gasteiger partial charge in [0.25, 0.3) is 0 Å². The van der Waals surface area contributed by atoms with E-state index in [2.05, 4.69) is 141 Å². The molecule has 4 nitrogen and oxygen atoms in total. The average Bonchev–Trinajstić information content (AvgIpc) is 2.91. The Morgan fingerprint density at radius 3 is 1.42 bits per heavy atom. The highest BCUT2D eigenvalue weighted by Crippen LogP contribution is 2.32. The van der Waals surface area contributed by atoms with Crippen LogP contribution >= 0.6 is 0 Å². The maximum absolute atomic E-state index is 2.39. The molecular formula is C32H45N4+. The molecule has 0 N–H and O–H groups in total. The van der Waals surface area contributed by atoms with E-state index < -0.39 is 0 Å². The first kappa shape index (κ1) is 27.5. The topological polar surface area (TPSA) is 12.7 Å². The minimum Gasteiger partial charge on any atom is -0.372 e. The minimum atomic E-state index is 1.00. The third-order valence-corrected chi connectivity index (χ3v) is 7.05. The Kier molecular flexibility index (Phi) is 10.1. The van der Waals surface area contributed by atoms with Crippen molar-refractivity contribution in [3.63, 3.8) is 0 Å². The number of hydrogen-bond donors (Lipinski definition) is 0. The first-order valence-electron chi connectivity index (χ1n) is 13.5. The van der Waals surface area contributed by atoms with Gasteiger partial charge in [-0.15, -0.1) is 0 Å². The van der Waals surface area contributed by atoms with Crippen LogP contribution in [0.15, 0.2) is 78.4 Å². The molecule has 0 aromatic heterocycles. The number of allylic oxidation sites excluding steroid dienone is 5. The molecule has 36 heavy (non-hydrogen) atoms. The highest BCUT2D eigenvalue weighted by atomic mass is 15.1. The van der Waals surface area contributed by atoms with Crippen molar-refractivity contribution >= 4 is 22.7 Å². The van der Waals surface area contributed by atoms with Gasteiger partial charge in [-0.2, -0.15) is 0 Å². The van der Waals surface area contributed by atoms with Crippen LogP contribution in [-0.4, -0.2) is 75.6 Å². The summed E-state index contributed by atoms with van der Waals surface area (Å²) in [7, 11) is 6.41. The summed E-state index contributed by atoms with van der Waals surface area (Å²) < 4.78 is 2.32. The van der Waals surface area contributed by atoms with Crippen LogP contribution in [0, 0.1) is 0 Å². The smallest absolute Gasteiger partial charge is 0.199 e. The zero-order valence-electron chi connectivity index (χ0n) is 23.5. The molecule has 0 radical (unpaired) electrons. The zero-order valence-corrected chi connectivity index (χ0v) is 23.5. The zero-order chi connectivity index (χ0) is 26.1. The van der Waals surface area contributed by atoms with Crippen molar-refractivity contribution in [2.24, 2.45) is 0 Å².